The summed E-state index contributed by atoms with van der Waals surface area (Å²) in [6, 6.07) is 7.10. The van der Waals surface area contributed by atoms with E-state index in [1.54, 1.807) is 31.4 Å². The van der Waals surface area contributed by atoms with Gasteiger partial charge in [-0.25, -0.2) is 0 Å². The molecule has 4 nitrogen and oxygen atoms in total. The molecule has 1 rings (SSSR count). The van der Waals surface area contributed by atoms with Crippen LogP contribution < -0.4 is 10.1 Å². The summed E-state index contributed by atoms with van der Waals surface area (Å²) in [5.41, 5.74) is 0. The average molecular weight is 257 g/mol. The largest absolute Gasteiger partial charge is 0.497 e. The van der Waals surface area contributed by atoms with Gasteiger partial charge in [0.25, 0.3) is 0 Å². The van der Waals surface area contributed by atoms with Crippen molar-refractivity contribution in [1.82, 2.24) is 5.32 Å². The van der Waals surface area contributed by atoms with Crippen LogP contribution in [0.3, 0.4) is 0 Å². The van der Waals surface area contributed by atoms with E-state index in [0.29, 0.717) is 17.2 Å². The van der Waals surface area contributed by atoms with E-state index in [0.717, 1.165) is 6.54 Å². The third kappa shape index (κ3) is 4.85. The molecule has 0 fully saturated rings. The first kappa shape index (κ1) is 14.2. The number of aliphatic hydroxyl groups is 1. The van der Waals surface area contributed by atoms with Crippen LogP contribution in [-0.4, -0.2) is 41.4 Å². The van der Waals surface area contributed by atoms with Crippen molar-refractivity contribution < 1.29 is 14.1 Å². The third-order valence-electron chi connectivity index (χ3n) is 2.28. The summed E-state index contributed by atoms with van der Waals surface area (Å²) in [7, 11) is 0.373. The predicted octanol–water partition coefficient (Wildman–Crippen LogP) is 0.773. The van der Waals surface area contributed by atoms with Gasteiger partial charge in [-0.05, 0) is 24.7 Å². The molecule has 0 spiro atoms. The van der Waals surface area contributed by atoms with Crippen LogP contribution >= 0.6 is 0 Å². The number of hydrogen-bond acceptors (Lipinski definition) is 4. The van der Waals surface area contributed by atoms with Crippen LogP contribution in [0.2, 0.25) is 0 Å². The number of ether oxygens (including phenoxy) is 1. The lowest BCUT2D eigenvalue weighted by molar-refractivity contribution is 0.195. The molecule has 1 aromatic rings. The number of rotatable bonds is 7. The second kappa shape index (κ2) is 7.42. The lowest BCUT2D eigenvalue weighted by Crippen LogP contribution is -2.30. The van der Waals surface area contributed by atoms with Crippen molar-refractivity contribution in [2.24, 2.45) is 0 Å². The van der Waals surface area contributed by atoms with E-state index in [9.17, 15) is 9.32 Å². The van der Waals surface area contributed by atoms with Crippen LogP contribution in [0.5, 0.6) is 5.75 Å². The highest BCUT2D eigenvalue weighted by Gasteiger charge is 2.11. The van der Waals surface area contributed by atoms with Gasteiger partial charge in [0.05, 0.1) is 29.8 Å². The van der Waals surface area contributed by atoms with Gasteiger partial charge in [-0.3, -0.25) is 4.21 Å². The van der Waals surface area contributed by atoms with Gasteiger partial charge in [-0.2, -0.15) is 0 Å². The molecule has 96 valence electrons. The minimum atomic E-state index is -1.20. The zero-order chi connectivity index (χ0) is 12.7. The molecule has 0 bridgehead atoms. The van der Waals surface area contributed by atoms with Crippen molar-refractivity contribution in [1.29, 1.82) is 0 Å². The first-order valence-corrected chi connectivity index (χ1v) is 6.90. The van der Waals surface area contributed by atoms with Gasteiger partial charge < -0.3 is 15.2 Å². The highest BCUT2D eigenvalue weighted by Crippen LogP contribution is 2.16. The van der Waals surface area contributed by atoms with Crippen molar-refractivity contribution >= 4 is 10.8 Å². The number of aliphatic hydroxyl groups excluding tert-OH is 1. The minimum absolute atomic E-state index is 0.236. The van der Waals surface area contributed by atoms with Crippen LogP contribution in [0.1, 0.15) is 6.92 Å². The molecular formula is C12H19NO3S. The molecule has 0 radical (unpaired) electrons. The monoisotopic (exact) mass is 257 g/mol. The topological polar surface area (TPSA) is 58.6 Å². The molecule has 1 aromatic carbocycles. The van der Waals surface area contributed by atoms with Crippen molar-refractivity contribution in [2.75, 3.05) is 26.0 Å². The number of methoxy groups -OCH3 is 1. The molecule has 0 amide bonds. The third-order valence-corrected chi connectivity index (χ3v) is 3.75. The molecule has 2 atom stereocenters. The first-order valence-electron chi connectivity index (χ1n) is 5.58. The van der Waals surface area contributed by atoms with Gasteiger partial charge in [-0.15, -0.1) is 0 Å². The first-order chi connectivity index (χ1) is 8.17. The van der Waals surface area contributed by atoms with Gasteiger partial charge >= 0.3 is 0 Å². The quantitative estimate of drug-likeness (QED) is 0.757. The standard InChI is InChI=1S/C12H19NO3S/c1-3-13-8-10(14)9-17(15)12-6-4-5-11(7-12)16-2/h4-7,10,13-14H,3,8-9H2,1-2H3. The zero-order valence-corrected chi connectivity index (χ0v) is 11.0. The Bertz CT molecular complexity index is 371. The molecule has 0 aromatic heterocycles. The summed E-state index contributed by atoms with van der Waals surface area (Å²) >= 11 is 0. The maximum absolute atomic E-state index is 12.0. The van der Waals surface area contributed by atoms with Gasteiger partial charge in [0.1, 0.15) is 5.75 Å². The van der Waals surface area contributed by atoms with E-state index in [1.807, 2.05) is 6.92 Å². The highest BCUT2D eigenvalue weighted by atomic mass is 32.2. The lowest BCUT2D eigenvalue weighted by Gasteiger charge is -2.11. The van der Waals surface area contributed by atoms with Crippen molar-refractivity contribution in [3.63, 3.8) is 0 Å². The number of likely N-dealkylation sites (N-methyl/N-ethyl adjacent to an activating group) is 1. The fraction of sp³-hybridized carbons (Fsp3) is 0.500. The number of nitrogens with one attached hydrogen (secondary N) is 1. The molecule has 0 aliphatic heterocycles. The summed E-state index contributed by atoms with van der Waals surface area (Å²) in [6.07, 6.45) is -0.595. The Hall–Kier alpha value is -0.910. The Labute approximate surface area is 104 Å². The van der Waals surface area contributed by atoms with E-state index < -0.39 is 16.9 Å². The predicted molar refractivity (Wildman–Crippen MR) is 68.8 cm³/mol. The average Bonchev–Trinajstić information content (AvgIpc) is 2.36. The van der Waals surface area contributed by atoms with Gasteiger partial charge in [0.2, 0.25) is 0 Å². The van der Waals surface area contributed by atoms with Gasteiger partial charge in [-0.1, -0.05) is 13.0 Å². The Balaban J connectivity index is 2.56. The smallest absolute Gasteiger partial charge is 0.120 e. The lowest BCUT2D eigenvalue weighted by atomic mass is 10.3. The Kier molecular flexibility index (Phi) is 6.18. The normalized spacial score (nSPS) is 14.3. The van der Waals surface area contributed by atoms with Crippen molar-refractivity contribution in [3.8, 4) is 5.75 Å². The van der Waals surface area contributed by atoms with Crippen LogP contribution in [0.15, 0.2) is 29.2 Å². The highest BCUT2D eigenvalue weighted by molar-refractivity contribution is 7.85. The van der Waals surface area contributed by atoms with Crippen molar-refractivity contribution in [3.05, 3.63) is 24.3 Å². The second-order valence-corrected chi connectivity index (χ2v) is 5.15. The molecule has 2 unspecified atom stereocenters. The summed E-state index contributed by atoms with van der Waals surface area (Å²) in [5, 5.41) is 12.7. The Morgan fingerprint density at radius 2 is 2.29 bits per heavy atom. The molecule has 0 saturated carbocycles. The van der Waals surface area contributed by atoms with Crippen molar-refractivity contribution in [2.45, 2.75) is 17.9 Å². The summed E-state index contributed by atoms with van der Waals surface area (Å²) in [5.74, 6) is 0.914. The minimum Gasteiger partial charge on any atom is -0.497 e. The van der Waals surface area contributed by atoms with Gasteiger partial charge in [0, 0.05) is 11.4 Å². The number of benzene rings is 1. The molecule has 0 aliphatic carbocycles. The SMILES string of the molecule is CCNCC(O)CS(=O)c1cccc(OC)c1. The van der Waals surface area contributed by atoms with Crippen LogP contribution in [0, 0.1) is 0 Å². The Morgan fingerprint density at radius 3 is 2.94 bits per heavy atom. The molecule has 2 N–H and O–H groups in total. The van der Waals surface area contributed by atoms with Gasteiger partial charge in [0.15, 0.2) is 0 Å². The zero-order valence-electron chi connectivity index (χ0n) is 10.2. The maximum Gasteiger partial charge on any atom is 0.120 e. The van der Waals surface area contributed by atoms with E-state index >= 15 is 0 Å². The van der Waals surface area contributed by atoms with E-state index in [2.05, 4.69) is 5.32 Å². The van der Waals surface area contributed by atoms with E-state index in [-0.39, 0.29) is 5.75 Å². The summed E-state index contributed by atoms with van der Waals surface area (Å²) in [4.78, 5) is 0.680. The van der Waals surface area contributed by atoms with E-state index in [4.69, 9.17) is 4.74 Å². The summed E-state index contributed by atoms with van der Waals surface area (Å²) < 4.78 is 17.0. The maximum atomic E-state index is 12.0. The van der Waals surface area contributed by atoms with Crippen LogP contribution in [0.25, 0.3) is 0 Å². The fourth-order valence-electron chi connectivity index (χ4n) is 1.38. The molecule has 17 heavy (non-hydrogen) atoms. The van der Waals surface area contributed by atoms with E-state index in [1.165, 1.54) is 0 Å². The molecule has 5 heteroatoms. The molecule has 0 saturated heterocycles. The summed E-state index contributed by atoms with van der Waals surface area (Å²) in [6.45, 7) is 3.22. The van der Waals surface area contributed by atoms with Crippen LogP contribution in [0.4, 0.5) is 0 Å². The fourth-order valence-corrected chi connectivity index (χ4v) is 2.52. The number of hydrogen-bond donors (Lipinski definition) is 2. The Morgan fingerprint density at radius 1 is 1.53 bits per heavy atom. The second-order valence-electron chi connectivity index (χ2n) is 3.65. The van der Waals surface area contributed by atoms with Crippen LogP contribution in [-0.2, 0) is 10.8 Å². The molecular weight excluding hydrogens is 238 g/mol. The molecule has 0 aliphatic rings. The molecule has 0 heterocycles.